The Labute approximate surface area is 82.6 Å². The second kappa shape index (κ2) is 5.54. The van der Waals surface area contributed by atoms with Gasteiger partial charge in [-0.15, -0.1) is 0 Å². The van der Waals surface area contributed by atoms with Crippen LogP contribution in [0, 0.1) is 0 Å². The van der Waals surface area contributed by atoms with Crippen molar-refractivity contribution in [2.45, 2.75) is 5.97 Å². The second-order valence-corrected chi connectivity index (χ2v) is 2.29. The topological polar surface area (TPSA) is 65.0 Å². The van der Waals surface area contributed by atoms with Gasteiger partial charge < -0.3 is 19.3 Å². The third-order valence-corrected chi connectivity index (χ3v) is 1.65. The number of allylic oxidation sites excluding steroid dienone is 2. The van der Waals surface area contributed by atoms with Gasteiger partial charge in [0, 0.05) is 21.3 Å². The lowest BCUT2D eigenvalue weighted by molar-refractivity contribution is -0.325. The average molecular weight is 202 g/mol. The van der Waals surface area contributed by atoms with Crippen LogP contribution in [-0.4, -0.2) is 38.4 Å². The van der Waals surface area contributed by atoms with Gasteiger partial charge in [0.15, 0.2) is 0 Å². The summed E-state index contributed by atoms with van der Waals surface area (Å²) in [5.41, 5.74) is -0.181. The monoisotopic (exact) mass is 202 g/mol. The fraction of sp³-hybridized carbons (Fsp3) is 0.444. The Morgan fingerprint density at radius 3 is 1.93 bits per heavy atom. The van der Waals surface area contributed by atoms with Gasteiger partial charge in [0.1, 0.15) is 5.57 Å². The molecule has 0 spiro atoms. The van der Waals surface area contributed by atoms with Crippen LogP contribution in [0.3, 0.4) is 0 Å². The molecular weight excluding hydrogens is 188 g/mol. The van der Waals surface area contributed by atoms with Crippen molar-refractivity contribution in [2.24, 2.45) is 0 Å². The lowest BCUT2D eigenvalue weighted by Gasteiger charge is -2.28. The van der Waals surface area contributed by atoms with Crippen molar-refractivity contribution in [1.82, 2.24) is 0 Å². The standard InChI is InChI=1S/C9H14O5/c1-5-6-7(8(10)11)9(12-2,13-3)14-4/h5-6H,1H2,2-4H3,(H,10,11). The number of aliphatic carboxylic acids is 1. The molecule has 0 aliphatic carbocycles. The number of carboxylic acid groups (broad SMARTS) is 1. The molecule has 5 heteroatoms. The molecule has 0 aliphatic rings. The van der Waals surface area contributed by atoms with E-state index in [1.54, 1.807) is 0 Å². The van der Waals surface area contributed by atoms with E-state index in [4.69, 9.17) is 19.3 Å². The zero-order valence-electron chi connectivity index (χ0n) is 8.44. The third-order valence-electron chi connectivity index (χ3n) is 1.65. The normalized spacial score (nSPS) is 12.6. The van der Waals surface area contributed by atoms with E-state index < -0.39 is 11.9 Å². The van der Waals surface area contributed by atoms with Gasteiger partial charge in [0.25, 0.3) is 0 Å². The summed E-state index contributed by atoms with van der Waals surface area (Å²) in [5, 5.41) is 8.88. The molecule has 0 aromatic heterocycles. The number of rotatable bonds is 6. The third kappa shape index (κ3) is 2.41. The fourth-order valence-corrected chi connectivity index (χ4v) is 1.00. The molecule has 80 valence electrons. The van der Waals surface area contributed by atoms with Crippen molar-refractivity contribution < 1.29 is 24.1 Å². The number of carbonyl (C=O) groups is 1. The number of hydrogen-bond donors (Lipinski definition) is 1. The Hall–Kier alpha value is -1.17. The lowest BCUT2D eigenvalue weighted by atomic mass is 10.2. The van der Waals surface area contributed by atoms with Gasteiger partial charge in [-0.3, -0.25) is 0 Å². The van der Waals surface area contributed by atoms with Crippen molar-refractivity contribution in [1.29, 1.82) is 0 Å². The molecule has 0 aromatic rings. The molecule has 0 radical (unpaired) electrons. The summed E-state index contributed by atoms with van der Waals surface area (Å²) < 4.78 is 14.6. The number of ether oxygens (including phenoxy) is 3. The Morgan fingerprint density at radius 2 is 1.71 bits per heavy atom. The zero-order chi connectivity index (χ0) is 11.2. The maximum Gasteiger partial charge on any atom is 0.339 e. The molecule has 0 heterocycles. The van der Waals surface area contributed by atoms with Crippen molar-refractivity contribution in [3.05, 3.63) is 24.3 Å². The van der Waals surface area contributed by atoms with Crippen LogP contribution >= 0.6 is 0 Å². The quantitative estimate of drug-likeness (QED) is 0.391. The summed E-state index contributed by atoms with van der Waals surface area (Å²) in [5.74, 6) is -2.89. The fourth-order valence-electron chi connectivity index (χ4n) is 1.00. The largest absolute Gasteiger partial charge is 0.478 e. The highest BCUT2D eigenvalue weighted by Crippen LogP contribution is 2.23. The average Bonchev–Trinajstić information content (AvgIpc) is 2.19. The van der Waals surface area contributed by atoms with Gasteiger partial charge in [-0.1, -0.05) is 12.7 Å². The SMILES string of the molecule is C=CC=C(C(=O)O)C(OC)(OC)OC. The minimum absolute atomic E-state index is 0.181. The Balaban J connectivity index is 5.21. The molecule has 0 unspecified atom stereocenters. The molecule has 14 heavy (non-hydrogen) atoms. The first kappa shape index (κ1) is 12.8. The summed E-state index contributed by atoms with van der Waals surface area (Å²) in [6, 6.07) is 0. The van der Waals surface area contributed by atoms with Crippen molar-refractivity contribution in [3.63, 3.8) is 0 Å². The molecule has 0 fully saturated rings. The molecule has 0 aromatic carbocycles. The molecule has 0 bridgehead atoms. The van der Waals surface area contributed by atoms with E-state index in [0.717, 1.165) is 0 Å². The smallest absolute Gasteiger partial charge is 0.339 e. The molecule has 0 rings (SSSR count). The van der Waals surface area contributed by atoms with Gasteiger partial charge >= 0.3 is 11.9 Å². The van der Waals surface area contributed by atoms with E-state index in [9.17, 15) is 4.79 Å². The first-order valence-electron chi connectivity index (χ1n) is 3.80. The van der Waals surface area contributed by atoms with Gasteiger partial charge in [0.05, 0.1) is 0 Å². The first-order chi connectivity index (χ1) is 6.57. The molecule has 0 amide bonds. The van der Waals surface area contributed by atoms with Crippen LogP contribution in [0.1, 0.15) is 0 Å². The van der Waals surface area contributed by atoms with Crippen molar-refractivity contribution >= 4 is 5.97 Å². The van der Waals surface area contributed by atoms with Crippen LogP contribution in [0.25, 0.3) is 0 Å². The Kier molecular flexibility index (Phi) is 5.07. The van der Waals surface area contributed by atoms with Gasteiger partial charge in [-0.2, -0.15) is 0 Å². The van der Waals surface area contributed by atoms with E-state index >= 15 is 0 Å². The van der Waals surface area contributed by atoms with Crippen molar-refractivity contribution in [2.75, 3.05) is 21.3 Å². The summed E-state index contributed by atoms with van der Waals surface area (Å²) in [4.78, 5) is 10.9. The summed E-state index contributed by atoms with van der Waals surface area (Å²) in [6.07, 6.45) is 2.56. The molecule has 0 saturated heterocycles. The number of hydrogen-bond acceptors (Lipinski definition) is 4. The number of carboxylic acids is 1. The molecular formula is C9H14O5. The second-order valence-electron chi connectivity index (χ2n) is 2.29. The van der Waals surface area contributed by atoms with Crippen LogP contribution in [0.5, 0.6) is 0 Å². The van der Waals surface area contributed by atoms with Gasteiger partial charge in [-0.25, -0.2) is 4.79 Å². The molecule has 0 saturated carbocycles. The predicted octanol–water partition coefficient (Wildman–Crippen LogP) is 0.776. The van der Waals surface area contributed by atoms with Gasteiger partial charge in [0.2, 0.25) is 0 Å². The predicted molar refractivity (Wildman–Crippen MR) is 49.7 cm³/mol. The first-order valence-corrected chi connectivity index (χ1v) is 3.80. The van der Waals surface area contributed by atoms with E-state index in [0.29, 0.717) is 0 Å². The molecule has 0 atom stereocenters. The molecule has 5 nitrogen and oxygen atoms in total. The van der Waals surface area contributed by atoms with Crippen LogP contribution in [0.4, 0.5) is 0 Å². The van der Waals surface area contributed by atoms with Crippen LogP contribution in [-0.2, 0) is 19.0 Å². The summed E-state index contributed by atoms with van der Waals surface area (Å²) >= 11 is 0. The van der Waals surface area contributed by atoms with E-state index in [-0.39, 0.29) is 5.57 Å². The highest BCUT2D eigenvalue weighted by Gasteiger charge is 2.39. The maximum atomic E-state index is 10.9. The summed E-state index contributed by atoms with van der Waals surface area (Å²) in [6.45, 7) is 3.39. The molecule has 0 aliphatic heterocycles. The highest BCUT2D eigenvalue weighted by molar-refractivity contribution is 5.88. The maximum absolute atomic E-state index is 10.9. The van der Waals surface area contributed by atoms with E-state index in [1.165, 1.54) is 33.5 Å². The highest BCUT2D eigenvalue weighted by atomic mass is 16.9. The Bertz CT molecular complexity index is 231. The van der Waals surface area contributed by atoms with Crippen molar-refractivity contribution in [3.8, 4) is 0 Å². The summed E-state index contributed by atoms with van der Waals surface area (Å²) in [7, 11) is 3.85. The van der Waals surface area contributed by atoms with E-state index in [2.05, 4.69) is 6.58 Å². The number of methoxy groups -OCH3 is 3. The molecule has 1 N–H and O–H groups in total. The minimum atomic E-state index is -1.69. The lowest BCUT2D eigenvalue weighted by Crippen LogP contribution is -2.41. The van der Waals surface area contributed by atoms with Crippen LogP contribution in [0.2, 0.25) is 0 Å². The zero-order valence-corrected chi connectivity index (χ0v) is 8.44. The van der Waals surface area contributed by atoms with Crippen LogP contribution in [0.15, 0.2) is 24.3 Å². The Morgan fingerprint density at radius 1 is 1.29 bits per heavy atom. The van der Waals surface area contributed by atoms with Gasteiger partial charge in [-0.05, 0) is 6.08 Å². The minimum Gasteiger partial charge on any atom is -0.478 e. The van der Waals surface area contributed by atoms with Crippen LogP contribution < -0.4 is 0 Å². The van der Waals surface area contributed by atoms with E-state index in [1.807, 2.05) is 0 Å².